The van der Waals surface area contributed by atoms with Crippen molar-refractivity contribution in [1.29, 1.82) is 0 Å². The number of nitrogens with zero attached hydrogens (tertiary/aromatic N) is 6. The van der Waals surface area contributed by atoms with Crippen molar-refractivity contribution >= 4 is 21.9 Å². The molecule has 38 heavy (non-hydrogen) atoms. The van der Waals surface area contributed by atoms with Gasteiger partial charge in [0.15, 0.2) is 5.82 Å². The van der Waals surface area contributed by atoms with Gasteiger partial charge in [0.05, 0.1) is 34.6 Å². The standard InChI is InChI=1S/C29H25FN8/c30-21-6-4-5-19(10-21)23-14-32-15-26-27(23)35-29(34-26)28-22-11-24(33-16-25(22)36-37-28)20-9-18(12-31-13-20)17-38-7-2-1-3-8-38/h4-6,9-16H,1-3,7-8,17H2,(H,34,35)(H,36,37). The molecule has 6 aromatic rings. The second-order valence-corrected chi connectivity index (χ2v) is 9.78. The van der Waals surface area contributed by atoms with Crippen LogP contribution in [-0.4, -0.2) is 53.1 Å². The molecule has 5 aromatic heterocycles. The molecule has 0 spiro atoms. The number of hydrogen-bond donors (Lipinski definition) is 2. The number of hydrogen-bond acceptors (Lipinski definition) is 6. The highest BCUT2D eigenvalue weighted by Crippen LogP contribution is 2.32. The van der Waals surface area contributed by atoms with Crippen molar-refractivity contribution in [1.82, 2.24) is 40.0 Å². The van der Waals surface area contributed by atoms with E-state index < -0.39 is 0 Å². The third kappa shape index (κ3) is 4.20. The van der Waals surface area contributed by atoms with Crippen LogP contribution in [0.5, 0.6) is 0 Å². The Hall–Kier alpha value is -4.50. The number of aromatic nitrogens is 7. The molecule has 2 N–H and O–H groups in total. The van der Waals surface area contributed by atoms with Gasteiger partial charge in [-0.15, -0.1) is 0 Å². The minimum absolute atomic E-state index is 0.303. The van der Waals surface area contributed by atoms with Gasteiger partial charge in [0, 0.05) is 41.6 Å². The van der Waals surface area contributed by atoms with Crippen LogP contribution in [0.3, 0.4) is 0 Å². The molecule has 1 aromatic carbocycles. The fourth-order valence-corrected chi connectivity index (χ4v) is 5.26. The van der Waals surface area contributed by atoms with Gasteiger partial charge in [0.25, 0.3) is 0 Å². The Balaban J connectivity index is 1.26. The first-order chi connectivity index (χ1) is 18.7. The lowest BCUT2D eigenvalue weighted by Crippen LogP contribution is -2.29. The van der Waals surface area contributed by atoms with Crippen LogP contribution in [0.25, 0.3) is 55.8 Å². The Kier molecular flexibility index (Phi) is 5.62. The van der Waals surface area contributed by atoms with Gasteiger partial charge in [0.1, 0.15) is 11.5 Å². The highest BCUT2D eigenvalue weighted by Gasteiger charge is 2.17. The van der Waals surface area contributed by atoms with Crippen LogP contribution in [0.1, 0.15) is 24.8 Å². The van der Waals surface area contributed by atoms with E-state index in [1.54, 1.807) is 24.7 Å². The van der Waals surface area contributed by atoms with Crippen molar-refractivity contribution in [2.75, 3.05) is 13.1 Å². The molecule has 0 atom stereocenters. The molecule has 1 fully saturated rings. The Morgan fingerprint density at radius 1 is 0.868 bits per heavy atom. The molecule has 0 saturated carbocycles. The van der Waals surface area contributed by atoms with E-state index in [1.807, 2.05) is 24.5 Å². The number of nitrogens with one attached hydrogen (secondary N) is 2. The highest BCUT2D eigenvalue weighted by atomic mass is 19.1. The van der Waals surface area contributed by atoms with Crippen LogP contribution in [0.4, 0.5) is 4.39 Å². The van der Waals surface area contributed by atoms with Crippen molar-refractivity contribution < 1.29 is 4.39 Å². The predicted octanol–water partition coefficient (Wildman–Crippen LogP) is 5.75. The van der Waals surface area contributed by atoms with Gasteiger partial charge in [-0.05, 0) is 61.3 Å². The van der Waals surface area contributed by atoms with Gasteiger partial charge in [-0.2, -0.15) is 5.10 Å². The first kappa shape index (κ1) is 22.7. The van der Waals surface area contributed by atoms with Gasteiger partial charge in [-0.25, -0.2) is 9.37 Å². The maximum atomic E-state index is 13.9. The number of halogens is 1. The van der Waals surface area contributed by atoms with Crippen LogP contribution in [0.2, 0.25) is 0 Å². The summed E-state index contributed by atoms with van der Waals surface area (Å²) in [6.45, 7) is 3.18. The van der Waals surface area contributed by atoms with Crippen LogP contribution in [0, 0.1) is 5.82 Å². The summed E-state index contributed by atoms with van der Waals surface area (Å²) in [6.07, 6.45) is 12.9. The Morgan fingerprint density at radius 3 is 2.66 bits per heavy atom. The average Bonchev–Trinajstić information content (AvgIpc) is 3.57. The van der Waals surface area contributed by atoms with Crippen LogP contribution < -0.4 is 0 Å². The number of piperidine rings is 1. The molecular weight excluding hydrogens is 479 g/mol. The molecule has 8 nitrogen and oxygen atoms in total. The normalized spacial score (nSPS) is 14.4. The number of fused-ring (bicyclic) bond motifs is 2. The summed E-state index contributed by atoms with van der Waals surface area (Å²) >= 11 is 0. The van der Waals surface area contributed by atoms with Crippen molar-refractivity contribution in [3.8, 4) is 33.9 Å². The Bertz CT molecular complexity index is 1770. The number of likely N-dealkylation sites (tertiary alicyclic amines) is 1. The summed E-state index contributed by atoms with van der Waals surface area (Å²) in [4.78, 5) is 24.2. The van der Waals surface area contributed by atoms with Crippen LogP contribution >= 0.6 is 0 Å². The first-order valence-corrected chi connectivity index (χ1v) is 12.8. The largest absolute Gasteiger partial charge is 0.335 e. The van der Waals surface area contributed by atoms with E-state index in [0.717, 1.165) is 58.4 Å². The molecule has 0 aliphatic carbocycles. The minimum atomic E-state index is -0.303. The zero-order valence-corrected chi connectivity index (χ0v) is 20.7. The van der Waals surface area contributed by atoms with E-state index >= 15 is 0 Å². The molecule has 7 rings (SSSR count). The predicted molar refractivity (Wildman–Crippen MR) is 145 cm³/mol. The van der Waals surface area contributed by atoms with E-state index in [-0.39, 0.29) is 5.82 Å². The average molecular weight is 505 g/mol. The van der Waals surface area contributed by atoms with E-state index in [2.05, 4.69) is 41.1 Å². The topological polar surface area (TPSA) is 99.3 Å². The van der Waals surface area contributed by atoms with Crippen molar-refractivity contribution in [2.45, 2.75) is 25.8 Å². The third-order valence-corrected chi connectivity index (χ3v) is 7.15. The molecule has 9 heteroatoms. The molecule has 0 unspecified atom stereocenters. The number of imidazole rings is 1. The molecule has 1 saturated heterocycles. The smallest absolute Gasteiger partial charge is 0.159 e. The van der Waals surface area contributed by atoms with E-state index in [0.29, 0.717) is 17.0 Å². The summed E-state index contributed by atoms with van der Waals surface area (Å²) in [5.74, 6) is 0.300. The first-order valence-electron chi connectivity index (χ1n) is 12.8. The van der Waals surface area contributed by atoms with Crippen LogP contribution in [-0.2, 0) is 6.54 Å². The van der Waals surface area contributed by atoms with Crippen molar-refractivity contribution in [3.05, 3.63) is 78.8 Å². The lowest BCUT2D eigenvalue weighted by molar-refractivity contribution is 0.220. The fraction of sp³-hybridized carbons (Fsp3) is 0.207. The van der Waals surface area contributed by atoms with Crippen molar-refractivity contribution in [2.24, 2.45) is 0 Å². The maximum absolute atomic E-state index is 13.9. The molecule has 0 bridgehead atoms. The molecule has 0 radical (unpaired) electrons. The second-order valence-electron chi connectivity index (χ2n) is 9.78. The molecule has 1 aliphatic rings. The second kappa shape index (κ2) is 9.42. The molecule has 1 aliphatic heterocycles. The monoisotopic (exact) mass is 504 g/mol. The minimum Gasteiger partial charge on any atom is -0.335 e. The lowest BCUT2D eigenvalue weighted by atomic mass is 10.1. The van der Waals surface area contributed by atoms with Gasteiger partial charge in [-0.1, -0.05) is 18.6 Å². The van der Waals surface area contributed by atoms with E-state index in [4.69, 9.17) is 4.98 Å². The molecule has 0 amide bonds. The Labute approximate surface area is 218 Å². The zero-order chi connectivity index (χ0) is 25.5. The van der Waals surface area contributed by atoms with Gasteiger partial charge in [0.2, 0.25) is 0 Å². The third-order valence-electron chi connectivity index (χ3n) is 7.15. The van der Waals surface area contributed by atoms with Gasteiger partial charge in [-0.3, -0.25) is 25.0 Å². The van der Waals surface area contributed by atoms with Gasteiger partial charge < -0.3 is 4.98 Å². The van der Waals surface area contributed by atoms with E-state index in [1.165, 1.54) is 37.0 Å². The molecular formula is C29H25FN8. The number of aromatic amines is 2. The molecule has 6 heterocycles. The maximum Gasteiger partial charge on any atom is 0.159 e. The summed E-state index contributed by atoms with van der Waals surface area (Å²) in [5.41, 5.74) is 7.41. The van der Waals surface area contributed by atoms with E-state index in [9.17, 15) is 4.39 Å². The van der Waals surface area contributed by atoms with Crippen molar-refractivity contribution in [3.63, 3.8) is 0 Å². The number of rotatable bonds is 5. The fourth-order valence-electron chi connectivity index (χ4n) is 5.26. The molecule has 188 valence electrons. The summed E-state index contributed by atoms with van der Waals surface area (Å²) < 4.78 is 13.9. The van der Waals surface area contributed by atoms with Crippen LogP contribution in [0.15, 0.2) is 67.4 Å². The highest BCUT2D eigenvalue weighted by molar-refractivity contribution is 5.97. The quantitative estimate of drug-likeness (QED) is 0.310. The summed E-state index contributed by atoms with van der Waals surface area (Å²) in [6, 6.07) is 10.6. The lowest BCUT2D eigenvalue weighted by Gasteiger charge is -2.26. The number of pyridine rings is 3. The zero-order valence-electron chi connectivity index (χ0n) is 20.7. The summed E-state index contributed by atoms with van der Waals surface area (Å²) in [7, 11) is 0. The number of benzene rings is 1. The summed E-state index contributed by atoms with van der Waals surface area (Å²) in [5, 5.41) is 8.51. The number of H-pyrrole nitrogens is 2. The van der Waals surface area contributed by atoms with Gasteiger partial charge >= 0.3 is 0 Å². The SMILES string of the molecule is Fc1cccc(-c2cncc3[nH]c(-c4n[nH]c5cnc(-c6cncc(CN7CCCCC7)c6)cc45)nc23)c1. The Morgan fingerprint density at radius 2 is 1.76 bits per heavy atom.